The van der Waals surface area contributed by atoms with Crippen LogP contribution in [-0.4, -0.2) is 68.5 Å². The molecular formula is C34H38ClN7O3. The molecule has 1 saturated heterocycles. The number of nitrogens with zero attached hydrogens (tertiary/aromatic N) is 7. The summed E-state index contributed by atoms with van der Waals surface area (Å²) < 4.78 is 1.53. The number of aryl methyl sites for hydroxylation is 1. The first kappa shape index (κ1) is 31.8. The van der Waals surface area contributed by atoms with Crippen molar-refractivity contribution in [3.8, 4) is 16.9 Å². The monoisotopic (exact) mass is 627 g/mol. The lowest BCUT2D eigenvalue weighted by atomic mass is 10.0. The van der Waals surface area contributed by atoms with Gasteiger partial charge in [0, 0.05) is 50.9 Å². The van der Waals surface area contributed by atoms with Gasteiger partial charge in [0.15, 0.2) is 5.65 Å². The van der Waals surface area contributed by atoms with Gasteiger partial charge in [0.25, 0.3) is 0 Å². The Morgan fingerprint density at radius 1 is 1.11 bits per heavy atom. The predicted molar refractivity (Wildman–Crippen MR) is 179 cm³/mol. The molecular weight excluding hydrogens is 590 g/mol. The molecule has 0 unspecified atom stereocenters. The molecule has 1 fully saturated rings. The zero-order valence-electron chi connectivity index (χ0n) is 26.7. The summed E-state index contributed by atoms with van der Waals surface area (Å²) in [5.74, 6) is 0.167. The van der Waals surface area contributed by atoms with Crippen LogP contribution in [0.1, 0.15) is 51.8 Å². The van der Waals surface area contributed by atoms with Gasteiger partial charge in [-0.2, -0.15) is 4.98 Å². The first-order chi connectivity index (χ1) is 21.3. The number of halogens is 1. The molecule has 0 N–H and O–H groups in total. The van der Waals surface area contributed by atoms with Crippen molar-refractivity contribution in [1.29, 1.82) is 0 Å². The minimum Gasteiger partial charge on any atom is -0.349 e. The van der Waals surface area contributed by atoms with E-state index < -0.39 is 5.69 Å². The van der Waals surface area contributed by atoms with E-state index in [2.05, 4.69) is 16.5 Å². The summed E-state index contributed by atoms with van der Waals surface area (Å²) in [7, 11) is 1.70. The Morgan fingerprint density at radius 3 is 2.49 bits per heavy atom. The number of anilines is 2. The molecule has 1 aromatic carbocycles. The quantitative estimate of drug-likeness (QED) is 0.259. The predicted octanol–water partition coefficient (Wildman–Crippen LogP) is 5.52. The zero-order chi connectivity index (χ0) is 32.7. The Hall–Kier alpha value is -4.57. The highest BCUT2D eigenvalue weighted by atomic mass is 35.5. The van der Waals surface area contributed by atoms with Crippen molar-refractivity contribution in [2.24, 2.45) is 0 Å². The first-order valence-corrected chi connectivity index (χ1v) is 15.4. The molecule has 4 aromatic rings. The second kappa shape index (κ2) is 12.4. The zero-order valence-corrected chi connectivity index (χ0v) is 27.5. The van der Waals surface area contributed by atoms with Gasteiger partial charge in [-0.05, 0) is 56.5 Å². The molecule has 1 aliphatic heterocycles. The van der Waals surface area contributed by atoms with Crippen LogP contribution in [0.4, 0.5) is 11.5 Å². The van der Waals surface area contributed by atoms with E-state index in [9.17, 15) is 14.4 Å². The average molecular weight is 628 g/mol. The third-order valence-corrected chi connectivity index (χ3v) is 8.72. The maximum absolute atomic E-state index is 14.2. The van der Waals surface area contributed by atoms with Crippen LogP contribution in [0.3, 0.4) is 0 Å². The number of aromatic nitrogens is 4. The van der Waals surface area contributed by atoms with Crippen molar-refractivity contribution in [3.05, 3.63) is 82.0 Å². The minimum atomic E-state index is -0.505. The Balaban J connectivity index is 1.84. The number of hydrogen-bond acceptors (Lipinski definition) is 7. The normalized spacial score (nSPS) is 16.7. The fraction of sp³-hybridized carbons (Fsp3) is 0.353. The third-order valence-electron chi connectivity index (χ3n) is 8.43. The van der Waals surface area contributed by atoms with Gasteiger partial charge in [-0.3, -0.25) is 14.6 Å². The van der Waals surface area contributed by atoms with E-state index in [4.69, 9.17) is 16.6 Å². The number of piperazine rings is 1. The van der Waals surface area contributed by atoms with Crippen molar-refractivity contribution in [3.63, 3.8) is 0 Å². The van der Waals surface area contributed by atoms with Crippen molar-refractivity contribution < 1.29 is 9.59 Å². The van der Waals surface area contributed by atoms with Gasteiger partial charge in [-0.1, -0.05) is 50.2 Å². The van der Waals surface area contributed by atoms with Crippen LogP contribution in [0, 0.1) is 6.92 Å². The molecule has 11 heteroatoms. The Bertz CT molecular complexity index is 1890. The largest absolute Gasteiger partial charge is 0.355 e. The number of carbonyl (C=O) groups excluding carboxylic acids is 2. The first-order valence-electron chi connectivity index (χ1n) is 15.0. The highest BCUT2D eigenvalue weighted by Gasteiger charge is 2.34. The summed E-state index contributed by atoms with van der Waals surface area (Å²) in [6.07, 6.45) is 3.06. The second-order valence-electron chi connectivity index (χ2n) is 11.9. The molecule has 234 valence electrons. The van der Waals surface area contributed by atoms with Crippen molar-refractivity contribution >= 4 is 46.0 Å². The molecule has 0 bridgehead atoms. The Kier molecular flexibility index (Phi) is 8.80. The molecule has 3 aromatic heterocycles. The van der Waals surface area contributed by atoms with Crippen LogP contribution < -0.4 is 15.5 Å². The van der Waals surface area contributed by atoms with Gasteiger partial charge in [-0.15, -0.1) is 0 Å². The van der Waals surface area contributed by atoms with E-state index in [0.717, 1.165) is 11.3 Å². The molecule has 0 saturated carbocycles. The van der Waals surface area contributed by atoms with Gasteiger partial charge in [0.2, 0.25) is 11.8 Å². The van der Waals surface area contributed by atoms with Crippen molar-refractivity contribution in [2.75, 3.05) is 29.9 Å². The van der Waals surface area contributed by atoms with Gasteiger partial charge < -0.3 is 14.7 Å². The van der Waals surface area contributed by atoms with Crippen LogP contribution >= 0.6 is 11.6 Å². The van der Waals surface area contributed by atoms with Crippen LogP contribution in [0.25, 0.3) is 28.0 Å². The highest BCUT2D eigenvalue weighted by Crippen LogP contribution is 2.38. The molecule has 2 amide bonds. The molecule has 5 rings (SSSR count). The summed E-state index contributed by atoms with van der Waals surface area (Å²) in [5, 5.41) is 0.926. The van der Waals surface area contributed by atoms with Crippen LogP contribution in [0.15, 0.2) is 60.0 Å². The Labute approximate surface area is 268 Å². The minimum absolute atomic E-state index is 0.00888. The molecule has 45 heavy (non-hydrogen) atoms. The van der Waals surface area contributed by atoms with E-state index in [-0.39, 0.29) is 29.8 Å². The maximum Gasteiger partial charge on any atom is 0.355 e. The fourth-order valence-corrected chi connectivity index (χ4v) is 6.23. The fourth-order valence-electron chi connectivity index (χ4n) is 5.98. The van der Waals surface area contributed by atoms with Crippen molar-refractivity contribution in [1.82, 2.24) is 24.4 Å². The smallest absolute Gasteiger partial charge is 0.349 e. The number of hydrogen-bond donors (Lipinski definition) is 0. The van der Waals surface area contributed by atoms with Gasteiger partial charge >= 0.3 is 5.69 Å². The lowest BCUT2D eigenvalue weighted by molar-refractivity contribution is -0.128. The second-order valence-corrected chi connectivity index (χ2v) is 12.3. The summed E-state index contributed by atoms with van der Waals surface area (Å²) >= 11 is 7.03. The number of carbonyl (C=O) groups is 2. The lowest BCUT2D eigenvalue weighted by Gasteiger charge is -2.44. The number of fused-ring (bicyclic) bond motifs is 1. The van der Waals surface area contributed by atoms with E-state index in [1.807, 2.05) is 69.9 Å². The van der Waals surface area contributed by atoms with Crippen LogP contribution in [0.2, 0.25) is 5.02 Å². The molecule has 0 radical (unpaired) electrons. The topological polar surface area (TPSA) is 105 Å². The molecule has 4 heterocycles. The standard InChI is InChI=1S/C34H38ClN7O3/c1-9-28(44)40-17-22(6)41(18-21(40)5)32-25-16-26(35)30(24-12-10-11-13-27(24)39(8)23(7)43)37-33(25)42(34(45)38-32)31-20(4)14-15-36-29(31)19(2)3/h9-16,19,21-22H,1,17-18H2,2-8H3/t21-,22+/m1/s1. The van der Waals surface area contributed by atoms with Gasteiger partial charge in [-0.25, -0.2) is 14.3 Å². The molecule has 0 spiro atoms. The number of para-hydroxylation sites is 1. The number of rotatable bonds is 6. The van der Waals surface area contributed by atoms with Gasteiger partial charge in [0.05, 0.1) is 33.2 Å². The number of amides is 2. The SMILES string of the molecule is C=CC(=O)N1C[C@H](C)N(c2nc(=O)n(-c3c(C)ccnc3C(C)C)c3nc(-c4ccccc4N(C)C(C)=O)c(Cl)cc23)C[C@H]1C. The number of pyridine rings is 2. The summed E-state index contributed by atoms with van der Waals surface area (Å²) in [6, 6.07) is 10.7. The molecule has 2 atom stereocenters. The highest BCUT2D eigenvalue weighted by molar-refractivity contribution is 6.34. The molecule has 0 aliphatic carbocycles. The maximum atomic E-state index is 14.2. The van der Waals surface area contributed by atoms with E-state index in [1.165, 1.54) is 22.5 Å². The third kappa shape index (κ3) is 5.70. The molecule has 1 aliphatic rings. The van der Waals surface area contributed by atoms with Gasteiger partial charge in [0.1, 0.15) is 5.82 Å². The summed E-state index contributed by atoms with van der Waals surface area (Å²) in [5.41, 5.74) is 3.77. The Morgan fingerprint density at radius 2 is 1.82 bits per heavy atom. The van der Waals surface area contributed by atoms with E-state index in [0.29, 0.717) is 57.6 Å². The lowest BCUT2D eigenvalue weighted by Crippen LogP contribution is -2.58. The van der Waals surface area contributed by atoms with Crippen molar-refractivity contribution in [2.45, 2.75) is 59.5 Å². The van der Waals surface area contributed by atoms with Crippen LogP contribution in [0.5, 0.6) is 0 Å². The molecule has 10 nitrogen and oxygen atoms in total. The van der Waals surface area contributed by atoms with Crippen LogP contribution in [-0.2, 0) is 9.59 Å². The van der Waals surface area contributed by atoms with E-state index >= 15 is 0 Å². The van der Waals surface area contributed by atoms with E-state index in [1.54, 1.807) is 24.2 Å². The average Bonchev–Trinajstić information content (AvgIpc) is 3.01. The number of benzene rings is 1. The summed E-state index contributed by atoms with van der Waals surface area (Å²) in [4.78, 5) is 58.9. The summed E-state index contributed by atoms with van der Waals surface area (Å²) in [6.45, 7) is 16.0.